The first-order valence-corrected chi connectivity index (χ1v) is 8.44. The SMILES string of the molecule is Cc1cc(C(=O)COC(=O)CNC(=O)c2ccccc2F)c(C)n1CC(F)(F)F. The van der Waals surface area contributed by atoms with E-state index >= 15 is 0 Å². The lowest BCUT2D eigenvalue weighted by Crippen LogP contribution is -2.32. The number of aryl methyl sites for hydroxylation is 1. The van der Waals surface area contributed by atoms with Crippen molar-refractivity contribution < 1.29 is 36.7 Å². The Kier molecular flexibility index (Phi) is 6.78. The van der Waals surface area contributed by atoms with Crippen molar-refractivity contribution in [3.63, 3.8) is 0 Å². The van der Waals surface area contributed by atoms with Gasteiger partial charge in [-0.15, -0.1) is 0 Å². The summed E-state index contributed by atoms with van der Waals surface area (Å²) < 4.78 is 57.1. The summed E-state index contributed by atoms with van der Waals surface area (Å²) in [5.41, 5.74) is 0.101. The zero-order chi connectivity index (χ0) is 21.8. The number of hydrogen-bond donors (Lipinski definition) is 1. The van der Waals surface area contributed by atoms with Crippen molar-refractivity contribution in [2.75, 3.05) is 13.2 Å². The second-order valence-electron chi connectivity index (χ2n) is 6.23. The number of nitrogens with one attached hydrogen (secondary N) is 1. The molecule has 0 radical (unpaired) electrons. The van der Waals surface area contributed by atoms with Crippen molar-refractivity contribution in [1.29, 1.82) is 0 Å². The third kappa shape index (κ3) is 5.90. The van der Waals surface area contributed by atoms with Gasteiger partial charge in [0.2, 0.25) is 5.78 Å². The van der Waals surface area contributed by atoms with Gasteiger partial charge in [-0.25, -0.2) is 4.39 Å². The smallest absolute Gasteiger partial charge is 0.406 e. The van der Waals surface area contributed by atoms with Crippen LogP contribution < -0.4 is 5.32 Å². The van der Waals surface area contributed by atoms with E-state index in [2.05, 4.69) is 5.32 Å². The van der Waals surface area contributed by atoms with Crippen LogP contribution in [0.1, 0.15) is 32.1 Å². The third-order valence-corrected chi connectivity index (χ3v) is 4.09. The monoisotopic (exact) mass is 414 g/mol. The zero-order valence-corrected chi connectivity index (χ0v) is 15.6. The van der Waals surface area contributed by atoms with Crippen LogP contribution >= 0.6 is 0 Å². The van der Waals surface area contributed by atoms with Crippen LogP contribution in [0.15, 0.2) is 30.3 Å². The molecule has 6 nitrogen and oxygen atoms in total. The van der Waals surface area contributed by atoms with Crippen LogP contribution in [0.4, 0.5) is 17.6 Å². The Morgan fingerprint density at radius 2 is 1.76 bits per heavy atom. The molecule has 0 spiro atoms. The van der Waals surface area contributed by atoms with Crippen molar-refractivity contribution >= 4 is 17.7 Å². The molecule has 156 valence electrons. The Morgan fingerprint density at radius 1 is 1.10 bits per heavy atom. The summed E-state index contributed by atoms with van der Waals surface area (Å²) in [5.74, 6) is -3.22. The molecule has 2 aromatic rings. The first-order valence-electron chi connectivity index (χ1n) is 8.44. The van der Waals surface area contributed by atoms with Gasteiger partial charge in [0.15, 0.2) is 6.61 Å². The molecule has 10 heteroatoms. The minimum Gasteiger partial charge on any atom is -0.456 e. The molecule has 29 heavy (non-hydrogen) atoms. The third-order valence-electron chi connectivity index (χ3n) is 4.09. The van der Waals surface area contributed by atoms with Crippen LogP contribution in [0, 0.1) is 19.7 Å². The number of rotatable bonds is 7. The Bertz CT molecular complexity index is 935. The number of carbonyl (C=O) groups excluding carboxylic acids is 3. The van der Waals surface area contributed by atoms with E-state index in [0.29, 0.717) is 0 Å². The number of nitrogens with zero attached hydrogens (tertiary/aromatic N) is 1. The molecule has 1 aromatic carbocycles. The molecule has 0 aliphatic carbocycles. The number of aromatic nitrogens is 1. The van der Waals surface area contributed by atoms with Crippen molar-refractivity contribution in [3.05, 3.63) is 58.7 Å². The van der Waals surface area contributed by atoms with Gasteiger partial charge in [0.05, 0.1) is 5.56 Å². The van der Waals surface area contributed by atoms with E-state index in [-0.39, 0.29) is 22.5 Å². The van der Waals surface area contributed by atoms with Gasteiger partial charge in [0.25, 0.3) is 5.91 Å². The molecule has 2 rings (SSSR count). The number of Topliss-reactive ketones (excluding diaryl/α,β-unsaturated/α-hetero) is 1. The lowest BCUT2D eigenvalue weighted by molar-refractivity contribution is -0.141. The molecule has 0 fully saturated rings. The van der Waals surface area contributed by atoms with Crippen molar-refractivity contribution in [1.82, 2.24) is 9.88 Å². The van der Waals surface area contributed by atoms with Gasteiger partial charge in [0.1, 0.15) is 18.9 Å². The molecule has 0 saturated carbocycles. The van der Waals surface area contributed by atoms with Gasteiger partial charge in [0, 0.05) is 17.0 Å². The minimum atomic E-state index is -4.45. The summed E-state index contributed by atoms with van der Waals surface area (Å²) in [5, 5.41) is 2.16. The Hall–Kier alpha value is -3.17. The maximum Gasteiger partial charge on any atom is 0.406 e. The summed E-state index contributed by atoms with van der Waals surface area (Å²) in [6.07, 6.45) is -4.45. The van der Waals surface area contributed by atoms with Gasteiger partial charge in [-0.2, -0.15) is 13.2 Å². The highest BCUT2D eigenvalue weighted by atomic mass is 19.4. The predicted octanol–water partition coefficient (Wildman–Crippen LogP) is 2.96. The van der Waals surface area contributed by atoms with E-state index < -0.39 is 49.3 Å². The highest BCUT2D eigenvalue weighted by molar-refractivity contribution is 6.00. The number of halogens is 4. The van der Waals surface area contributed by atoms with Crippen molar-refractivity contribution in [2.24, 2.45) is 0 Å². The van der Waals surface area contributed by atoms with Crippen molar-refractivity contribution in [2.45, 2.75) is 26.6 Å². The summed E-state index contributed by atoms with van der Waals surface area (Å²) in [6, 6.07) is 6.45. The number of amides is 1. The largest absolute Gasteiger partial charge is 0.456 e. The van der Waals surface area contributed by atoms with Crippen LogP contribution in [0.5, 0.6) is 0 Å². The molecule has 0 saturated heterocycles. The number of benzene rings is 1. The topological polar surface area (TPSA) is 77.4 Å². The first-order chi connectivity index (χ1) is 13.5. The summed E-state index contributed by atoms with van der Waals surface area (Å²) in [4.78, 5) is 35.7. The van der Waals surface area contributed by atoms with Gasteiger partial charge < -0.3 is 14.6 Å². The molecule has 0 aliphatic rings. The lowest BCUT2D eigenvalue weighted by atomic mass is 10.1. The Morgan fingerprint density at radius 3 is 2.38 bits per heavy atom. The Balaban J connectivity index is 1.91. The molecule has 0 unspecified atom stereocenters. The molecule has 0 atom stereocenters. The van der Waals surface area contributed by atoms with E-state index in [9.17, 15) is 31.9 Å². The maximum atomic E-state index is 13.5. The summed E-state index contributed by atoms with van der Waals surface area (Å²) in [7, 11) is 0. The number of alkyl halides is 3. The number of carbonyl (C=O) groups is 3. The number of hydrogen-bond acceptors (Lipinski definition) is 4. The molecule has 1 N–H and O–H groups in total. The highest BCUT2D eigenvalue weighted by Gasteiger charge is 2.30. The fraction of sp³-hybridized carbons (Fsp3) is 0.316. The first kappa shape index (κ1) is 22.1. The molecule has 0 aliphatic heterocycles. The van der Waals surface area contributed by atoms with Crippen LogP contribution in [-0.4, -0.2) is 41.6 Å². The normalized spacial score (nSPS) is 11.2. The molecule has 1 amide bonds. The summed E-state index contributed by atoms with van der Waals surface area (Å²) in [6.45, 7) is 0.250. The van der Waals surface area contributed by atoms with Crippen LogP contribution in [0.2, 0.25) is 0 Å². The maximum absolute atomic E-state index is 13.5. The molecule has 1 heterocycles. The fourth-order valence-electron chi connectivity index (χ4n) is 2.67. The average Bonchev–Trinajstić information content (AvgIpc) is 2.91. The molecule has 0 bridgehead atoms. The number of ketones is 1. The van der Waals surface area contributed by atoms with Gasteiger partial charge >= 0.3 is 12.1 Å². The standard InChI is InChI=1S/C19H18F4N2O4/c1-11-7-14(12(2)25(11)10-19(21,22)23)16(26)9-29-17(27)8-24-18(28)13-5-3-4-6-15(13)20/h3-7H,8-10H2,1-2H3,(H,24,28). The fourth-order valence-corrected chi connectivity index (χ4v) is 2.67. The number of ether oxygens (including phenoxy) is 1. The molecule has 1 aromatic heterocycles. The van der Waals surface area contributed by atoms with E-state index in [1.165, 1.54) is 38.1 Å². The van der Waals surface area contributed by atoms with Gasteiger partial charge in [-0.1, -0.05) is 12.1 Å². The predicted molar refractivity (Wildman–Crippen MR) is 94.0 cm³/mol. The van der Waals surface area contributed by atoms with Gasteiger partial charge in [-0.3, -0.25) is 14.4 Å². The van der Waals surface area contributed by atoms with Crippen LogP contribution in [-0.2, 0) is 16.1 Å². The van der Waals surface area contributed by atoms with Crippen LogP contribution in [0.25, 0.3) is 0 Å². The van der Waals surface area contributed by atoms with Crippen molar-refractivity contribution in [3.8, 4) is 0 Å². The van der Waals surface area contributed by atoms with E-state index in [0.717, 1.165) is 10.6 Å². The second-order valence-corrected chi connectivity index (χ2v) is 6.23. The van der Waals surface area contributed by atoms with Gasteiger partial charge in [-0.05, 0) is 32.0 Å². The number of esters is 1. The minimum absolute atomic E-state index is 0.00921. The molecular formula is C19H18F4N2O4. The Labute approximate surface area is 163 Å². The second kappa shape index (κ2) is 8.89. The van der Waals surface area contributed by atoms with E-state index in [1.807, 2.05) is 0 Å². The lowest BCUT2D eigenvalue weighted by Gasteiger charge is -2.12. The highest BCUT2D eigenvalue weighted by Crippen LogP contribution is 2.23. The quantitative estimate of drug-likeness (QED) is 0.429. The average molecular weight is 414 g/mol. The van der Waals surface area contributed by atoms with E-state index in [4.69, 9.17) is 4.74 Å². The zero-order valence-electron chi connectivity index (χ0n) is 15.6. The summed E-state index contributed by atoms with van der Waals surface area (Å²) >= 11 is 0. The van der Waals surface area contributed by atoms with Crippen LogP contribution in [0.3, 0.4) is 0 Å². The van der Waals surface area contributed by atoms with E-state index in [1.54, 1.807) is 0 Å². The molecular weight excluding hydrogens is 396 g/mol.